The molecule has 2 unspecified atom stereocenters. The quantitative estimate of drug-likeness (QED) is 0.779. The summed E-state index contributed by atoms with van der Waals surface area (Å²) in [7, 11) is 1.99. The fourth-order valence-electron chi connectivity index (χ4n) is 2.37. The van der Waals surface area contributed by atoms with Gasteiger partial charge in [0.1, 0.15) is 0 Å². The molecular weight excluding hydrogens is 258 g/mol. The van der Waals surface area contributed by atoms with Gasteiger partial charge in [-0.25, -0.2) is 0 Å². The van der Waals surface area contributed by atoms with E-state index < -0.39 is 0 Å². The van der Waals surface area contributed by atoms with Gasteiger partial charge in [-0.1, -0.05) is 37.1 Å². The highest BCUT2D eigenvalue weighted by molar-refractivity contribution is 6.31. The predicted octanol–water partition coefficient (Wildman–Crippen LogP) is 3.98. The largest absolute Gasteiger partial charge is 0.377 e. The van der Waals surface area contributed by atoms with Crippen LogP contribution in [-0.2, 0) is 11.2 Å². The topological polar surface area (TPSA) is 21.3 Å². The smallest absolute Gasteiger partial charge is 0.0730 e. The molecule has 0 fully saturated rings. The van der Waals surface area contributed by atoms with Crippen molar-refractivity contribution in [2.24, 2.45) is 0 Å². The Morgan fingerprint density at radius 2 is 2.05 bits per heavy atom. The van der Waals surface area contributed by atoms with Gasteiger partial charge in [0, 0.05) is 17.7 Å². The summed E-state index contributed by atoms with van der Waals surface area (Å²) in [6, 6.07) is 6.57. The average molecular weight is 284 g/mol. The lowest BCUT2D eigenvalue weighted by Gasteiger charge is -2.27. The number of rotatable bonds is 8. The maximum atomic E-state index is 6.32. The van der Waals surface area contributed by atoms with Gasteiger partial charge in [0.2, 0.25) is 0 Å². The molecule has 0 spiro atoms. The molecule has 0 radical (unpaired) electrons. The van der Waals surface area contributed by atoms with Gasteiger partial charge in [-0.05, 0) is 50.9 Å². The van der Waals surface area contributed by atoms with E-state index in [9.17, 15) is 0 Å². The summed E-state index contributed by atoms with van der Waals surface area (Å²) >= 11 is 6.32. The molecule has 0 saturated heterocycles. The van der Waals surface area contributed by atoms with Crippen LogP contribution in [0.25, 0.3) is 0 Å². The Morgan fingerprint density at radius 1 is 1.32 bits per heavy atom. The van der Waals surface area contributed by atoms with Crippen LogP contribution in [0, 0.1) is 6.92 Å². The van der Waals surface area contributed by atoms with Crippen molar-refractivity contribution in [3.05, 3.63) is 34.3 Å². The van der Waals surface area contributed by atoms with Crippen LogP contribution in [0.5, 0.6) is 0 Å². The molecule has 0 aromatic heterocycles. The Labute approximate surface area is 122 Å². The number of aryl methyl sites for hydroxylation is 1. The van der Waals surface area contributed by atoms with E-state index in [1.807, 2.05) is 20.0 Å². The maximum absolute atomic E-state index is 6.32. The van der Waals surface area contributed by atoms with Gasteiger partial charge in [-0.15, -0.1) is 0 Å². The molecule has 0 aliphatic carbocycles. The van der Waals surface area contributed by atoms with E-state index in [2.05, 4.69) is 31.3 Å². The number of hydrogen-bond acceptors (Lipinski definition) is 2. The summed E-state index contributed by atoms with van der Waals surface area (Å²) in [4.78, 5) is 0. The molecule has 0 aliphatic rings. The van der Waals surface area contributed by atoms with Gasteiger partial charge in [0.05, 0.1) is 6.10 Å². The van der Waals surface area contributed by atoms with Gasteiger partial charge in [0.15, 0.2) is 0 Å². The molecule has 1 N–H and O–H groups in total. The third-order valence-electron chi connectivity index (χ3n) is 3.42. The van der Waals surface area contributed by atoms with E-state index in [-0.39, 0.29) is 6.10 Å². The van der Waals surface area contributed by atoms with Crippen molar-refractivity contribution >= 4 is 11.6 Å². The second kappa shape index (κ2) is 8.57. The summed E-state index contributed by atoms with van der Waals surface area (Å²) in [6.45, 7) is 7.06. The number of benzene rings is 1. The number of halogens is 1. The van der Waals surface area contributed by atoms with Crippen LogP contribution in [0.2, 0.25) is 5.02 Å². The molecule has 19 heavy (non-hydrogen) atoms. The molecule has 1 rings (SSSR count). The van der Waals surface area contributed by atoms with Gasteiger partial charge >= 0.3 is 0 Å². The number of likely N-dealkylation sites (N-methyl/N-ethyl adjacent to an activating group) is 1. The minimum atomic E-state index is 0.248. The van der Waals surface area contributed by atoms with Crippen LogP contribution in [-0.4, -0.2) is 25.8 Å². The molecule has 0 saturated carbocycles. The van der Waals surface area contributed by atoms with Gasteiger partial charge in [0.25, 0.3) is 0 Å². The highest BCUT2D eigenvalue weighted by Crippen LogP contribution is 2.21. The number of hydrogen-bond donors (Lipinski definition) is 1. The molecule has 0 bridgehead atoms. The molecule has 0 amide bonds. The van der Waals surface area contributed by atoms with Crippen molar-refractivity contribution in [2.75, 3.05) is 13.7 Å². The SMILES string of the molecule is CCCC(OCC)C(Cc1ccc(C)cc1Cl)NC. The lowest BCUT2D eigenvalue weighted by molar-refractivity contribution is 0.0301. The Balaban J connectivity index is 2.78. The molecule has 2 nitrogen and oxygen atoms in total. The third-order valence-corrected chi connectivity index (χ3v) is 3.77. The van der Waals surface area contributed by atoms with Gasteiger partial charge < -0.3 is 10.1 Å². The summed E-state index contributed by atoms with van der Waals surface area (Å²) in [5.41, 5.74) is 2.39. The standard InChI is InChI=1S/C16H26ClNO/c1-5-7-16(19-6-2)15(18-4)11-13-9-8-12(3)10-14(13)17/h8-10,15-16,18H,5-7,11H2,1-4H3. The van der Waals surface area contributed by atoms with Crippen molar-refractivity contribution in [3.63, 3.8) is 0 Å². The lowest BCUT2D eigenvalue weighted by Crippen LogP contribution is -2.41. The third kappa shape index (κ3) is 5.13. The summed E-state index contributed by atoms with van der Waals surface area (Å²) in [6.07, 6.45) is 3.35. The fourth-order valence-corrected chi connectivity index (χ4v) is 2.69. The van der Waals surface area contributed by atoms with E-state index in [0.717, 1.165) is 30.9 Å². The van der Waals surface area contributed by atoms with Gasteiger partial charge in [-0.3, -0.25) is 0 Å². The Bertz CT molecular complexity index is 375. The molecule has 0 aliphatic heterocycles. The predicted molar refractivity (Wildman–Crippen MR) is 83.1 cm³/mol. The highest BCUT2D eigenvalue weighted by Gasteiger charge is 2.20. The molecular formula is C16H26ClNO. The molecule has 3 heteroatoms. The first-order valence-corrected chi connectivity index (χ1v) is 7.54. The van der Waals surface area contributed by atoms with E-state index in [0.29, 0.717) is 6.04 Å². The second-order valence-corrected chi connectivity index (χ2v) is 5.38. The van der Waals surface area contributed by atoms with Crippen molar-refractivity contribution in [1.82, 2.24) is 5.32 Å². The van der Waals surface area contributed by atoms with Crippen LogP contribution in [0.1, 0.15) is 37.8 Å². The molecule has 1 aromatic carbocycles. The van der Waals surface area contributed by atoms with Crippen molar-refractivity contribution in [3.8, 4) is 0 Å². The van der Waals surface area contributed by atoms with Crippen LogP contribution in [0.3, 0.4) is 0 Å². The molecule has 2 atom stereocenters. The Kier molecular flexibility index (Phi) is 7.44. The normalized spacial score (nSPS) is 14.4. The second-order valence-electron chi connectivity index (χ2n) is 4.98. The van der Waals surface area contributed by atoms with Gasteiger partial charge in [-0.2, -0.15) is 0 Å². The fraction of sp³-hybridized carbons (Fsp3) is 0.625. The highest BCUT2D eigenvalue weighted by atomic mass is 35.5. The minimum Gasteiger partial charge on any atom is -0.377 e. The zero-order valence-electron chi connectivity index (χ0n) is 12.5. The first-order valence-electron chi connectivity index (χ1n) is 7.16. The number of ether oxygens (including phenoxy) is 1. The number of nitrogens with one attached hydrogen (secondary N) is 1. The van der Waals surface area contributed by atoms with E-state index >= 15 is 0 Å². The summed E-state index contributed by atoms with van der Waals surface area (Å²) < 4.78 is 5.87. The van der Waals surface area contributed by atoms with Crippen molar-refractivity contribution in [1.29, 1.82) is 0 Å². The van der Waals surface area contributed by atoms with Crippen LogP contribution < -0.4 is 5.32 Å². The first kappa shape index (κ1) is 16.5. The summed E-state index contributed by atoms with van der Waals surface area (Å²) in [5.74, 6) is 0. The van der Waals surface area contributed by atoms with E-state index in [4.69, 9.17) is 16.3 Å². The van der Waals surface area contributed by atoms with E-state index in [1.54, 1.807) is 0 Å². The summed E-state index contributed by atoms with van der Waals surface area (Å²) in [5, 5.41) is 4.23. The Hall–Kier alpha value is -0.570. The minimum absolute atomic E-state index is 0.248. The first-order chi connectivity index (χ1) is 9.12. The average Bonchev–Trinajstić information content (AvgIpc) is 2.38. The molecule has 108 valence electrons. The van der Waals surface area contributed by atoms with Crippen LogP contribution >= 0.6 is 11.6 Å². The van der Waals surface area contributed by atoms with Crippen LogP contribution in [0.4, 0.5) is 0 Å². The monoisotopic (exact) mass is 283 g/mol. The Morgan fingerprint density at radius 3 is 2.58 bits per heavy atom. The van der Waals surface area contributed by atoms with Crippen molar-refractivity contribution < 1.29 is 4.74 Å². The zero-order valence-corrected chi connectivity index (χ0v) is 13.3. The molecule has 1 aromatic rings. The van der Waals surface area contributed by atoms with E-state index in [1.165, 1.54) is 11.1 Å². The lowest BCUT2D eigenvalue weighted by atomic mass is 9.97. The maximum Gasteiger partial charge on any atom is 0.0730 e. The molecule has 0 heterocycles. The van der Waals surface area contributed by atoms with Crippen molar-refractivity contribution in [2.45, 2.75) is 52.2 Å². The zero-order chi connectivity index (χ0) is 14.3. The van der Waals surface area contributed by atoms with Crippen LogP contribution in [0.15, 0.2) is 18.2 Å².